The number of carbonyl (C=O) groups excluding carboxylic acids is 3. The maximum Gasteiger partial charge on any atom is 0.416 e. The average Bonchev–Trinajstić information content (AvgIpc) is 3.78. The Bertz CT molecular complexity index is 2210. The molecular formula is C33H31ClF3N9O5. The number of aromatic nitrogens is 6. The molecule has 2 fully saturated rings. The molecule has 1 saturated heterocycles. The van der Waals surface area contributed by atoms with Gasteiger partial charge in [0.1, 0.15) is 24.3 Å². The van der Waals surface area contributed by atoms with Gasteiger partial charge in [0.2, 0.25) is 11.7 Å². The summed E-state index contributed by atoms with van der Waals surface area (Å²) >= 11 is 6.10. The zero-order valence-corrected chi connectivity index (χ0v) is 28.1. The van der Waals surface area contributed by atoms with Crippen molar-refractivity contribution >= 4 is 51.9 Å². The van der Waals surface area contributed by atoms with Gasteiger partial charge < -0.3 is 24.8 Å². The molecule has 2 N–H and O–H groups in total. The van der Waals surface area contributed by atoms with Crippen LogP contribution in [0.25, 0.3) is 11.4 Å². The van der Waals surface area contributed by atoms with Crippen LogP contribution in [0, 0.1) is 25.7 Å². The van der Waals surface area contributed by atoms with Gasteiger partial charge in [-0.25, -0.2) is 9.97 Å². The summed E-state index contributed by atoms with van der Waals surface area (Å²) in [6, 6.07) is 2.59. The van der Waals surface area contributed by atoms with Crippen molar-refractivity contribution in [2.75, 3.05) is 36.4 Å². The minimum absolute atomic E-state index is 0.0327. The van der Waals surface area contributed by atoms with Crippen LogP contribution in [0.2, 0.25) is 5.02 Å². The largest absolute Gasteiger partial charge is 0.504 e. The number of piperazine rings is 1. The van der Waals surface area contributed by atoms with Gasteiger partial charge in [0, 0.05) is 44.7 Å². The molecule has 18 heteroatoms. The number of fused-ring (bicyclic) bond motifs is 2. The number of nitrogens with zero attached hydrogens (tertiary/aromatic N) is 8. The molecular weight excluding hydrogens is 695 g/mol. The zero-order chi connectivity index (χ0) is 36.4. The number of amides is 2. The molecule has 7 rings (SSSR count). The van der Waals surface area contributed by atoms with Crippen LogP contribution >= 0.6 is 11.6 Å². The molecule has 3 aromatic heterocycles. The Morgan fingerprint density at radius 3 is 2.49 bits per heavy atom. The van der Waals surface area contributed by atoms with Gasteiger partial charge in [-0.15, -0.1) is 5.10 Å². The van der Waals surface area contributed by atoms with Gasteiger partial charge >= 0.3 is 6.18 Å². The number of alkyl halides is 3. The number of Topliss-reactive ketones (excluding diaryl/α,β-unsaturated/α-hetero) is 1. The first-order chi connectivity index (χ1) is 24.2. The van der Waals surface area contributed by atoms with Crippen molar-refractivity contribution in [3.8, 4) is 5.75 Å². The first kappa shape index (κ1) is 34.1. The fourth-order valence-electron chi connectivity index (χ4n) is 7.02. The molecule has 1 saturated carbocycles. The predicted molar refractivity (Wildman–Crippen MR) is 177 cm³/mol. The summed E-state index contributed by atoms with van der Waals surface area (Å²) < 4.78 is 42.2. The molecule has 1 aromatic carbocycles. The summed E-state index contributed by atoms with van der Waals surface area (Å²) in [7, 11) is 0. The van der Waals surface area contributed by atoms with Crippen LogP contribution in [0.5, 0.6) is 5.75 Å². The van der Waals surface area contributed by atoms with E-state index in [1.807, 2.05) is 6.08 Å². The van der Waals surface area contributed by atoms with E-state index in [-0.39, 0.29) is 83.1 Å². The van der Waals surface area contributed by atoms with Crippen LogP contribution in [0.4, 0.5) is 24.5 Å². The van der Waals surface area contributed by atoms with Crippen molar-refractivity contribution in [3.05, 3.63) is 74.4 Å². The third-order valence-corrected chi connectivity index (χ3v) is 9.99. The van der Waals surface area contributed by atoms with Crippen molar-refractivity contribution in [1.29, 1.82) is 0 Å². The van der Waals surface area contributed by atoms with E-state index in [1.165, 1.54) is 15.8 Å². The highest BCUT2D eigenvalue weighted by Crippen LogP contribution is 2.44. The molecule has 2 unspecified atom stereocenters. The molecule has 2 amide bonds. The number of nitrogens with one attached hydrogen (secondary N) is 1. The maximum atomic E-state index is 14.1. The van der Waals surface area contributed by atoms with Crippen LogP contribution in [0.3, 0.4) is 0 Å². The molecule has 2 atom stereocenters. The molecule has 51 heavy (non-hydrogen) atoms. The van der Waals surface area contributed by atoms with Crippen LogP contribution in [-0.4, -0.2) is 82.9 Å². The molecule has 14 nitrogen and oxygen atoms in total. The highest BCUT2D eigenvalue weighted by Gasteiger charge is 2.38. The van der Waals surface area contributed by atoms with Crippen LogP contribution in [-0.2, 0) is 22.3 Å². The van der Waals surface area contributed by atoms with E-state index >= 15 is 0 Å². The number of aryl methyl sites for hydroxylation is 1. The smallest absolute Gasteiger partial charge is 0.416 e. The SMILES string of the molecule is Cc1ncnc(C(=O)N2CCN(c3c(C)n(CC(=O)Nc4ccc(C(F)(F)F)cc4Cl)c4nc(C5=CC6CC(=O)CC6C5)nn4c3=O)CC2)c1O. The lowest BCUT2D eigenvalue weighted by molar-refractivity contribution is -0.137. The number of hydrogen-bond acceptors (Lipinski definition) is 10. The molecule has 0 spiro atoms. The van der Waals surface area contributed by atoms with Gasteiger partial charge in [-0.05, 0) is 55.9 Å². The van der Waals surface area contributed by atoms with Crippen molar-refractivity contribution in [1.82, 2.24) is 34.0 Å². The Hall–Kier alpha value is -5.32. The summed E-state index contributed by atoms with van der Waals surface area (Å²) in [4.78, 5) is 68.5. The summed E-state index contributed by atoms with van der Waals surface area (Å²) in [5, 5.41) is 17.2. The Morgan fingerprint density at radius 1 is 1.06 bits per heavy atom. The molecule has 4 aromatic rings. The zero-order valence-electron chi connectivity index (χ0n) is 27.4. The van der Waals surface area contributed by atoms with Crippen molar-refractivity contribution in [3.63, 3.8) is 0 Å². The number of hydrogen-bond donors (Lipinski definition) is 2. The third-order valence-electron chi connectivity index (χ3n) is 9.68. The van der Waals surface area contributed by atoms with Gasteiger partial charge in [0.15, 0.2) is 17.3 Å². The molecule has 266 valence electrons. The fourth-order valence-corrected chi connectivity index (χ4v) is 7.25. The second-order valence-corrected chi connectivity index (χ2v) is 13.3. The number of halogens is 4. The van der Waals surface area contributed by atoms with E-state index in [2.05, 4.69) is 25.4 Å². The minimum Gasteiger partial charge on any atom is -0.504 e. The quantitative estimate of drug-likeness (QED) is 0.299. The number of carbonyl (C=O) groups is 3. The predicted octanol–water partition coefficient (Wildman–Crippen LogP) is 3.66. The normalized spacial score (nSPS) is 19.1. The Labute approximate surface area is 292 Å². The number of anilines is 2. The number of aromatic hydroxyl groups is 1. The van der Waals surface area contributed by atoms with Crippen LogP contribution in [0.1, 0.15) is 52.5 Å². The van der Waals surface area contributed by atoms with E-state index in [4.69, 9.17) is 11.6 Å². The number of allylic oxidation sites excluding steroid dienone is 2. The fraction of sp³-hybridized carbons (Fsp3) is 0.394. The number of ketones is 1. The van der Waals surface area contributed by atoms with Gasteiger partial charge in [0.25, 0.3) is 11.5 Å². The van der Waals surface area contributed by atoms with E-state index < -0.39 is 35.7 Å². The topological polar surface area (TPSA) is 168 Å². The lowest BCUT2D eigenvalue weighted by Gasteiger charge is -2.36. The monoisotopic (exact) mass is 725 g/mol. The lowest BCUT2D eigenvalue weighted by atomic mass is 10.00. The van der Waals surface area contributed by atoms with Crippen molar-refractivity contribution in [2.45, 2.75) is 45.8 Å². The minimum atomic E-state index is -4.62. The highest BCUT2D eigenvalue weighted by atomic mass is 35.5. The molecule has 0 bridgehead atoms. The summed E-state index contributed by atoms with van der Waals surface area (Å²) in [5.41, 5.74) is 0.0172. The molecule has 0 radical (unpaired) electrons. The van der Waals surface area contributed by atoms with E-state index in [9.17, 15) is 37.5 Å². The van der Waals surface area contributed by atoms with Crippen LogP contribution < -0.4 is 15.8 Å². The Morgan fingerprint density at radius 2 is 1.80 bits per heavy atom. The van der Waals surface area contributed by atoms with Gasteiger partial charge in [-0.1, -0.05) is 17.7 Å². The molecule has 4 heterocycles. The lowest BCUT2D eigenvalue weighted by Crippen LogP contribution is -2.51. The van der Waals surface area contributed by atoms with Gasteiger partial charge in [0.05, 0.1) is 22.0 Å². The van der Waals surface area contributed by atoms with Crippen molar-refractivity contribution in [2.24, 2.45) is 11.8 Å². The molecule has 2 aliphatic carbocycles. The Kier molecular flexibility index (Phi) is 8.55. The molecule has 3 aliphatic rings. The summed E-state index contributed by atoms with van der Waals surface area (Å²) in [5.74, 6) is -0.665. The van der Waals surface area contributed by atoms with Gasteiger partial charge in [-0.2, -0.15) is 22.7 Å². The standard InChI is InChI=1S/C33H31ClF3N9O5/c1-16-28(49)26(39-15-38-16)30(50)44-7-5-43(6-8-44)27-17(2)45(14-25(48)40-24-4-3-21(13-23(24)34)33(35,36)37)32-41-29(42-46(32)31(27)51)20-9-18-11-22(47)12-19(18)10-20/h3-4,9,13,15,18-19,49H,5-8,10-12,14H2,1-2H3,(H,40,48). The molecule has 1 aliphatic heterocycles. The summed E-state index contributed by atoms with van der Waals surface area (Å²) in [6.07, 6.45) is 0.0180. The Balaban J connectivity index is 1.21. The van der Waals surface area contributed by atoms with Gasteiger partial charge in [-0.3, -0.25) is 19.2 Å². The van der Waals surface area contributed by atoms with E-state index in [0.717, 1.165) is 28.3 Å². The number of benzene rings is 1. The van der Waals surface area contributed by atoms with E-state index in [1.54, 1.807) is 18.7 Å². The number of rotatable bonds is 6. The maximum absolute atomic E-state index is 14.1. The average molecular weight is 726 g/mol. The second-order valence-electron chi connectivity index (χ2n) is 12.9. The summed E-state index contributed by atoms with van der Waals surface area (Å²) in [6.45, 7) is 3.60. The van der Waals surface area contributed by atoms with Crippen LogP contribution in [0.15, 0.2) is 35.4 Å². The van der Waals surface area contributed by atoms with E-state index in [0.29, 0.717) is 30.8 Å². The highest BCUT2D eigenvalue weighted by molar-refractivity contribution is 6.33. The first-order valence-corrected chi connectivity index (χ1v) is 16.5. The van der Waals surface area contributed by atoms with Crippen molar-refractivity contribution < 1.29 is 32.7 Å². The first-order valence-electron chi connectivity index (χ1n) is 16.1. The third kappa shape index (κ3) is 6.30. The second kappa shape index (κ2) is 12.8.